The van der Waals surface area contributed by atoms with Crippen molar-refractivity contribution >= 4 is 52.6 Å². The van der Waals surface area contributed by atoms with Gasteiger partial charge in [-0.1, -0.05) is 124 Å². The van der Waals surface area contributed by atoms with E-state index in [0.717, 1.165) is 76.8 Å². The van der Waals surface area contributed by atoms with Crippen molar-refractivity contribution in [3.8, 4) is 0 Å². The third-order valence-corrected chi connectivity index (χ3v) is 14.9. The van der Waals surface area contributed by atoms with E-state index in [1.807, 2.05) is 98.5 Å². The quantitative estimate of drug-likeness (QED) is 0.0561. The van der Waals surface area contributed by atoms with E-state index >= 15 is 0 Å². The molecule has 4 heterocycles. The fourth-order valence-corrected chi connectivity index (χ4v) is 11.1. The van der Waals surface area contributed by atoms with Crippen LogP contribution in [0.25, 0.3) is 0 Å². The van der Waals surface area contributed by atoms with Gasteiger partial charge in [0, 0.05) is 37.5 Å². The summed E-state index contributed by atoms with van der Waals surface area (Å²) in [5, 5.41) is 5.93. The zero-order chi connectivity index (χ0) is 63.8. The van der Waals surface area contributed by atoms with Gasteiger partial charge in [-0.05, 0) is 153 Å². The van der Waals surface area contributed by atoms with Crippen LogP contribution in [0, 0.1) is 41.4 Å². The number of thiazole rings is 1. The number of hydrogen-bond acceptors (Lipinski definition) is 14. The first kappa shape index (κ1) is 82.1. The number of nitrogens with one attached hydrogen (secondary N) is 1. The molecule has 0 bridgehead atoms. The van der Waals surface area contributed by atoms with Crippen molar-refractivity contribution in [2.24, 2.45) is 70.1 Å². The van der Waals surface area contributed by atoms with Gasteiger partial charge in [0.1, 0.15) is 5.78 Å². The summed E-state index contributed by atoms with van der Waals surface area (Å²) in [5.41, 5.74) is 26.4. The number of hydrogen-bond donors (Lipinski definition) is 6. The van der Waals surface area contributed by atoms with Gasteiger partial charge in [-0.15, -0.1) is 11.3 Å². The average Bonchev–Trinajstić information content (AvgIpc) is 4.09. The van der Waals surface area contributed by atoms with Gasteiger partial charge in [0.2, 0.25) is 35.4 Å². The standard InChI is InChI=1S/C10H20N2O.C10H19NO.C9H18N2O.C9H20N2O.C9H13NOS.C8H18N2O.C7H16N2O/c1-8(2)9(10(11)13)12-6-4-3-5-7-12;1-9(2)8-10(12)11-6-4-3-5-7-11;1-7(2)8(9(10)12)11-5-3-4-6-11;1-5-11(6-2)8(7(3)4)9(10)12;1-7(2)5-8(11)6-9-10-3-4-12-9;1-4-5-10-7(6(2)3)8(9)11;1-5(2)6(7(8)10)9(3)4/h8-9H,3-7H2,1-2H3,(H2,11,13);9H,3-8H2,1-2H3;7-8H,3-6H2,1-2H3,(H2,10,12);7-8H,5-6H2,1-4H3,(H2,10,12);3-4,7H,5-6H2,1-2H3;6-7,10H,4-5H2,1-3H3,(H2,9,11);5-6H,1-4H3,(H2,8,10). The Labute approximate surface area is 503 Å². The molecule has 11 N–H and O–H groups in total. The Bertz CT molecular complexity index is 1810. The predicted octanol–water partition coefficient (Wildman–Crippen LogP) is 7.31. The molecular formula is C62H124N12O7S. The van der Waals surface area contributed by atoms with E-state index in [4.69, 9.17) is 28.7 Å². The molecule has 0 radical (unpaired) electrons. The van der Waals surface area contributed by atoms with E-state index in [0.29, 0.717) is 54.1 Å². The number of nitrogens with two attached hydrogens (primary N) is 5. The van der Waals surface area contributed by atoms with Crippen LogP contribution in [-0.2, 0) is 40.0 Å². The molecule has 480 valence electrons. The minimum absolute atomic E-state index is 0.0486. The highest BCUT2D eigenvalue weighted by molar-refractivity contribution is 7.09. The van der Waals surface area contributed by atoms with Gasteiger partial charge in [0.05, 0.1) is 41.6 Å². The zero-order valence-corrected chi connectivity index (χ0v) is 56.1. The van der Waals surface area contributed by atoms with E-state index in [1.54, 1.807) is 17.5 Å². The number of amides is 6. The number of primary amides is 5. The molecule has 0 aromatic carbocycles. The lowest BCUT2D eigenvalue weighted by Gasteiger charge is -2.34. The number of likely N-dealkylation sites (N-methyl/N-ethyl adjacent to an activating group) is 2. The van der Waals surface area contributed by atoms with Crippen molar-refractivity contribution in [1.29, 1.82) is 0 Å². The maximum Gasteiger partial charge on any atom is 0.235 e. The molecule has 5 unspecified atom stereocenters. The summed E-state index contributed by atoms with van der Waals surface area (Å²) in [6.07, 6.45) is 14.5. The number of piperidine rings is 2. The summed E-state index contributed by atoms with van der Waals surface area (Å²) in [4.78, 5) is 92.2. The van der Waals surface area contributed by atoms with Crippen LogP contribution < -0.4 is 34.0 Å². The van der Waals surface area contributed by atoms with Crippen LogP contribution in [0.5, 0.6) is 0 Å². The molecule has 82 heavy (non-hydrogen) atoms. The van der Waals surface area contributed by atoms with Gasteiger partial charge in [0.25, 0.3) is 0 Å². The summed E-state index contributed by atoms with van der Waals surface area (Å²) in [7, 11) is 3.71. The molecule has 3 fully saturated rings. The van der Waals surface area contributed by atoms with E-state index < -0.39 is 0 Å². The molecule has 0 spiro atoms. The molecule has 4 rings (SSSR count). The van der Waals surface area contributed by atoms with E-state index in [9.17, 15) is 33.6 Å². The fraction of sp³-hybridized carbons (Fsp3) is 0.839. The summed E-state index contributed by atoms with van der Waals surface area (Å²) in [5.74, 6) is 2.05. The maximum atomic E-state index is 11.5. The van der Waals surface area contributed by atoms with Gasteiger partial charge >= 0.3 is 0 Å². The van der Waals surface area contributed by atoms with Crippen molar-refractivity contribution in [3.63, 3.8) is 0 Å². The lowest BCUT2D eigenvalue weighted by Crippen LogP contribution is -2.49. The molecule has 1 aromatic heterocycles. The van der Waals surface area contributed by atoms with Crippen LogP contribution in [0.4, 0.5) is 0 Å². The fourth-order valence-electron chi connectivity index (χ4n) is 10.4. The Hall–Kier alpha value is -4.08. The van der Waals surface area contributed by atoms with Crippen LogP contribution in [-0.4, -0.2) is 174 Å². The normalized spacial score (nSPS) is 16.4. The van der Waals surface area contributed by atoms with Gasteiger partial charge in [-0.2, -0.15) is 0 Å². The number of likely N-dealkylation sites (tertiary alicyclic amines) is 3. The largest absolute Gasteiger partial charge is 0.368 e. The third-order valence-electron chi connectivity index (χ3n) is 14.1. The van der Waals surface area contributed by atoms with Crippen molar-refractivity contribution < 1.29 is 33.6 Å². The molecule has 1 aromatic rings. The Morgan fingerprint density at radius 2 is 0.939 bits per heavy atom. The topological polar surface area (TPSA) is 291 Å². The van der Waals surface area contributed by atoms with Crippen LogP contribution in [0.3, 0.4) is 0 Å². The molecule has 6 amide bonds. The second-order valence-corrected chi connectivity index (χ2v) is 25.7. The summed E-state index contributed by atoms with van der Waals surface area (Å²) >= 11 is 1.55. The van der Waals surface area contributed by atoms with Crippen molar-refractivity contribution in [3.05, 3.63) is 16.6 Å². The van der Waals surface area contributed by atoms with E-state index in [2.05, 4.69) is 73.5 Å². The Morgan fingerprint density at radius 3 is 1.20 bits per heavy atom. The monoisotopic (exact) mass is 1180 g/mol. The number of rotatable bonds is 25. The lowest BCUT2D eigenvalue weighted by molar-refractivity contribution is -0.133. The molecule has 0 aliphatic carbocycles. The highest BCUT2D eigenvalue weighted by Crippen LogP contribution is 2.19. The number of Topliss-reactive ketones (excluding diaryl/α,β-unsaturated/α-hetero) is 1. The van der Waals surface area contributed by atoms with Crippen molar-refractivity contribution in [1.82, 2.24) is 34.8 Å². The first-order chi connectivity index (χ1) is 38.2. The minimum Gasteiger partial charge on any atom is -0.368 e. The molecule has 3 saturated heterocycles. The zero-order valence-electron chi connectivity index (χ0n) is 55.3. The Balaban J connectivity index is -0.000000889. The van der Waals surface area contributed by atoms with Crippen LogP contribution >= 0.6 is 11.3 Å². The number of carbonyl (C=O) groups excluding carboxylic acids is 7. The third kappa shape index (κ3) is 38.0. The summed E-state index contributed by atoms with van der Waals surface area (Å²) in [6, 6.07) is -0.525. The molecule has 3 aliphatic heterocycles. The average molecular weight is 1180 g/mol. The second-order valence-electron chi connectivity index (χ2n) is 24.7. The highest BCUT2D eigenvalue weighted by Gasteiger charge is 2.30. The molecule has 5 atom stereocenters. The number of carbonyl (C=O) groups is 7. The van der Waals surface area contributed by atoms with Crippen molar-refractivity contribution in [2.45, 2.75) is 225 Å². The SMILES string of the molecule is CC(C)C(C(N)=O)N(C)C.CC(C)C(C(N)=O)N1CCCC1.CC(C)C(C(N)=O)N1CCCCC1.CC(C)CC(=O)Cc1nccs1.CC(C)CC(=O)N1CCCCC1.CCCNC(C(N)=O)C(C)C.CCN(CC)C(C(N)=O)C(C)C. The van der Waals surface area contributed by atoms with Crippen LogP contribution in [0.2, 0.25) is 0 Å². The second kappa shape index (κ2) is 47.2. The summed E-state index contributed by atoms with van der Waals surface area (Å²) < 4.78 is 0. The van der Waals surface area contributed by atoms with Crippen LogP contribution in [0.1, 0.15) is 193 Å². The highest BCUT2D eigenvalue weighted by atomic mass is 32.1. The molecule has 3 aliphatic rings. The van der Waals surface area contributed by atoms with Crippen LogP contribution in [0.15, 0.2) is 11.6 Å². The maximum absolute atomic E-state index is 11.5. The van der Waals surface area contributed by atoms with E-state index in [-0.39, 0.29) is 71.6 Å². The smallest absolute Gasteiger partial charge is 0.235 e. The van der Waals surface area contributed by atoms with Gasteiger partial charge < -0.3 is 38.9 Å². The number of ketones is 1. The van der Waals surface area contributed by atoms with Gasteiger partial charge in [0.15, 0.2) is 0 Å². The molecule has 20 heteroatoms. The van der Waals surface area contributed by atoms with Crippen molar-refractivity contribution in [2.75, 3.05) is 73.0 Å². The molecular weight excluding hydrogens is 1060 g/mol. The molecule has 0 saturated carbocycles. The predicted molar refractivity (Wildman–Crippen MR) is 340 cm³/mol. The summed E-state index contributed by atoms with van der Waals surface area (Å²) in [6.45, 7) is 43.4. The first-order valence-corrected chi connectivity index (χ1v) is 31.9. The number of aromatic nitrogens is 1. The Kier molecular flexibility index (Phi) is 47.3. The Morgan fingerprint density at radius 1 is 0.537 bits per heavy atom. The minimum atomic E-state index is -0.256. The lowest BCUT2D eigenvalue weighted by atomic mass is 9.99. The number of nitrogens with zero attached hydrogens (tertiary/aromatic N) is 6. The first-order valence-electron chi connectivity index (χ1n) is 31.0. The molecule has 19 nitrogen and oxygen atoms in total. The van der Waals surface area contributed by atoms with Gasteiger partial charge in [-0.3, -0.25) is 53.2 Å². The van der Waals surface area contributed by atoms with E-state index in [1.165, 1.54) is 51.4 Å². The van der Waals surface area contributed by atoms with Gasteiger partial charge in [-0.25, -0.2) is 4.98 Å².